The van der Waals surface area contributed by atoms with Crippen molar-refractivity contribution >= 4 is 28.7 Å². The van der Waals surface area contributed by atoms with Gasteiger partial charge in [-0.05, 0) is 56.4 Å². The standard InChI is InChI=1S/C25H29N5O2.2C2HF3O2/c1-29(2)10-5-11-30-17-23(25(31)26-14-18-6-4-7-21(12-18)32-3)22-9-8-19(13-24(22)30)20-15-27-28-16-20;2*3-2(4,5)1(6)7/h4,6-9,12-13,15-17H,5,10-11,14H2,1-3H3,(H,26,31)(H,27,28);2*(H,6,7). The van der Waals surface area contributed by atoms with E-state index in [1.807, 2.05) is 55.0 Å². The highest BCUT2D eigenvalue weighted by Crippen LogP contribution is 2.28. The van der Waals surface area contributed by atoms with Crippen LogP contribution in [0.15, 0.2) is 61.1 Å². The summed E-state index contributed by atoms with van der Waals surface area (Å²) in [6.45, 7) is 2.27. The van der Waals surface area contributed by atoms with Crippen LogP contribution in [0.1, 0.15) is 22.3 Å². The normalized spacial score (nSPS) is 11.3. The van der Waals surface area contributed by atoms with Gasteiger partial charge in [0.05, 0.1) is 18.9 Å². The van der Waals surface area contributed by atoms with Crippen molar-refractivity contribution in [1.29, 1.82) is 0 Å². The Bertz CT molecular complexity index is 1580. The van der Waals surface area contributed by atoms with Crippen LogP contribution in [0.3, 0.4) is 0 Å². The first-order chi connectivity index (χ1) is 21.4. The maximum Gasteiger partial charge on any atom is 0.490 e. The Labute approximate surface area is 258 Å². The maximum atomic E-state index is 13.1. The number of nitrogens with one attached hydrogen (secondary N) is 2. The molecule has 0 aliphatic carbocycles. The van der Waals surface area contributed by atoms with Crippen LogP contribution in [0.5, 0.6) is 5.75 Å². The smallest absolute Gasteiger partial charge is 0.490 e. The molecule has 11 nitrogen and oxygen atoms in total. The van der Waals surface area contributed by atoms with Crippen LogP contribution in [-0.4, -0.2) is 87.8 Å². The molecule has 1 amide bonds. The van der Waals surface area contributed by atoms with Crippen molar-refractivity contribution in [1.82, 2.24) is 25.0 Å². The molecule has 0 aliphatic heterocycles. The van der Waals surface area contributed by atoms with Gasteiger partial charge >= 0.3 is 24.3 Å². The summed E-state index contributed by atoms with van der Waals surface area (Å²) in [5, 5.41) is 25.2. The van der Waals surface area contributed by atoms with E-state index in [1.54, 1.807) is 7.11 Å². The quantitative estimate of drug-likeness (QED) is 0.180. The largest absolute Gasteiger partial charge is 0.497 e. The van der Waals surface area contributed by atoms with Crippen molar-refractivity contribution in [3.8, 4) is 16.9 Å². The summed E-state index contributed by atoms with van der Waals surface area (Å²) in [5.41, 5.74) is 4.83. The second-order valence-corrected chi connectivity index (χ2v) is 9.75. The van der Waals surface area contributed by atoms with Gasteiger partial charge in [-0.1, -0.05) is 24.3 Å². The average Bonchev–Trinajstić information content (AvgIpc) is 3.64. The second-order valence-electron chi connectivity index (χ2n) is 9.75. The van der Waals surface area contributed by atoms with E-state index in [-0.39, 0.29) is 5.91 Å². The van der Waals surface area contributed by atoms with Crippen LogP contribution in [0.4, 0.5) is 26.3 Å². The van der Waals surface area contributed by atoms with Crippen molar-refractivity contribution < 1.29 is 55.7 Å². The molecule has 0 fully saturated rings. The number of hydrogen-bond donors (Lipinski definition) is 4. The zero-order valence-corrected chi connectivity index (χ0v) is 24.7. The molecule has 17 heteroatoms. The number of aryl methyl sites for hydroxylation is 1. The van der Waals surface area contributed by atoms with Gasteiger partial charge in [-0.25, -0.2) is 9.59 Å². The molecule has 250 valence electrons. The summed E-state index contributed by atoms with van der Waals surface area (Å²) in [7, 11) is 5.78. The molecule has 4 aromatic rings. The van der Waals surface area contributed by atoms with Gasteiger partial charge in [0.1, 0.15) is 5.75 Å². The Morgan fingerprint density at radius 2 is 1.61 bits per heavy atom. The van der Waals surface area contributed by atoms with E-state index < -0.39 is 24.3 Å². The number of carbonyl (C=O) groups is 3. The van der Waals surface area contributed by atoms with Crippen LogP contribution in [0.2, 0.25) is 0 Å². The van der Waals surface area contributed by atoms with Gasteiger partial charge in [0.25, 0.3) is 5.91 Å². The fraction of sp³-hybridized carbons (Fsp3) is 0.310. The van der Waals surface area contributed by atoms with E-state index in [0.717, 1.165) is 52.9 Å². The van der Waals surface area contributed by atoms with E-state index in [1.165, 1.54) is 0 Å². The number of halogens is 6. The molecule has 2 aromatic heterocycles. The first-order valence-electron chi connectivity index (χ1n) is 13.2. The Hall–Kier alpha value is -5.06. The van der Waals surface area contributed by atoms with Gasteiger partial charge in [-0.15, -0.1) is 0 Å². The number of carboxylic acid groups (broad SMARTS) is 2. The lowest BCUT2D eigenvalue weighted by Gasteiger charge is -2.10. The van der Waals surface area contributed by atoms with Crippen molar-refractivity contribution in [2.24, 2.45) is 0 Å². The van der Waals surface area contributed by atoms with Gasteiger partial charge in [0.2, 0.25) is 0 Å². The molecule has 2 aromatic carbocycles. The zero-order chi connectivity index (χ0) is 34.7. The van der Waals surface area contributed by atoms with Crippen LogP contribution in [0, 0.1) is 0 Å². The van der Waals surface area contributed by atoms with Crippen molar-refractivity contribution in [3.05, 3.63) is 72.2 Å². The fourth-order valence-electron chi connectivity index (χ4n) is 3.86. The molecule has 0 bridgehead atoms. The highest BCUT2D eigenvalue weighted by atomic mass is 19.4. The third-order valence-corrected chi connectivity index (χ3v) is 6.04. The number of amides is 1. The summed E-state index contributed by atoms with van der Waals surface area (Å²) >= 11 is 0. The fourth-order valence-corrected chi connectivity index (χ4v) is 3.86. The van der Waals surface area contributed by atoms with Crippen LogP contribution < -0.4 is 10.1 Å². The Balaban J connectivity index is 0.000000440. The number of carbonyl (C=O) groups excluding carboxylic acids is 1. The Morgan fingerprint density at radius 3 is 2.13 bits per heavy atom. The predicted molar refractivity (Wildman–Crippen MR) is 154 cm³/mol. The van der Waals surface area contributed by atoms with Gasteiger partial charge in [0.15, 0.2) is 0 Å². The zero-order valence-electron chi connectivity index (χ0n) is 24.7. The van der Waals surface area contributed by atoms with Gasteiger partial charge in [-0.3, -0.25) is 9.89 Å². The predicted octanol–water partition coefficient (Wildman–Crippen LogP) is 5.19. The summed E-state index contributed by atoms with van der Waals surface area (Å²) in [5.74, 6) is -4.82. The number of carboxylic acids is 2. The number of benzene rings is 2. The highest BCUT2D eigenvalue weighted by Gasteiger charge is 2.38. The van der Waals surface area contributed by atoms with Crippen LogP contribution in [0.25, 0.3) is 22.0 Å². The van der Waals surface area contributed by atoms with Crippen LogP contribution in [-0.2, 0) is 22.7 Å². The number of rotatable bonds is 9. The summed E-state index contributed by atoms with van der Waals surface area (Å²) in [6, 6.07) is 13.9. The molecule has 0 unspecified atom stereocenters. The van der Waals surface area contributed by atoms with Gasteiger partial charge < -0.3 is 29.7 Å². The van der Waals surface area contributed by atoms with Crippen LogP contribution >= 0.6 is 0 Å². The van der Waals surface area contributed by atoms with E-state index in [9.17, 15) is 31.1 Å². The third-order valence-electron chi connectivity index (χ3n) is 6.04. The van der Waals surface area contributed by atoms with Crippen molar-refractivity contribution in [2.75, 3.05) is 27.7 Å². The first-order valence-corrected chi connectivity index (χ1v) is 13.2. The van der Waals surface area contributed by atoms with Gasteiger partial charge in [0, 0.05) is 41.9 Å². The highest BCUT2D eigenvalue weighted by molar-refractivity contribution is 6.07. The number of methoxy groups -OCH3 is 1. The minimum atomic E-state index is -5.08. The number of aromatic amines is 1. The SMILES string of the molecule is COc1cccc(CNC(=O)c2cn(CCCN(C)C)c3cc(-c4cn[nH]c4)ccc23)c1.O=C(O)C(F)(F)F.O=C(O)C(F)(F)F. The molecule has 4 N–H and O–H groups in total. The summed E-state index contributed by atoms with van der Waals surface area (Å²) in [6.07, 6.45) is -3.51. The topological polar surface area (TPSA) is 150 Å². The lowest BCUT2D eigenvalue weighted by atomic mass is 10.1. The average molecular weight is 660 g/mol. The molecular formula is C29H31F6N5O6. The summed E-state index contributed by atoms with van der Waals surface area (Å²) in [4.78, 5) is 33.1. The molecular weight excluding hydrogens is 628 g/mol. The molecule has 46 heavy (non-hydrogen) atoms. The van der Waals surface area contributed by atoms with Crippen molar-refractivity contribution in [3.63, 3.8) is 0 Å². The van der Waals surface area contributed by atoms with Crippen molar-refractivity contribution in [2.45, 2.75) is 31.9 Å². The maximum absolute atomic E-state index is 13.1. The monoisotopic (exact) mass is 659 g/mol. The molecule has 0 saturated heterocycles. The van der Waals surface area contributed by atoms with E-state index in [0.29, 0.717) is 12.1 Å². The summed E-state index contributed by atoms with van der Waals surface area (Å²) < 4.78 is 70.9. The number of aromatic nitrogens is 3. The van der Waals surface area contributed by atoms with E-state index in [4.69, 9.17) is 24.5 Å². The number of ether oxygens (including phenoxy) is 1. The van der Waals surface area contributed by atoms with Gasteiger partial charge in [-0.2, -0.15) is 31.4 Å². The lowest BCUT2D eigenvalue weighted by molar-refractivity contribution is -0.193. The minimum absolute atomic E-state index is 0.0831. The number of H-pyrrole nitrogens is 1. The molecule has 0 radical (unpaired) electrons. The molecule has 4 rings (SSSR count). The lowest BCUT2D eigenvalue weighted by Crippen LogP contribution is -2.22. The van der Waals surface area contributed by atoms with E-state index >= 15 is 0 Å². The molecule has 0 spiro atoms. The molecule has 0 saturated carbocycles. The Kier molecular flexibility index (Phi) is 13.2. The third kappa shape index (κ3) is 11.5. The Morgan fingerprint density at radius 1 is 0.978 bits per heavy atom. The second kappa shape index (κ2) is 16.3. The molecule has 0 atom stereocenters. The first kappa shape index (κ1) is 37.1. The molecule has 0 aliphatic rings. The number of nitrogens with zero attached hydrogens (tertiary/aromatic N) is 3. The number of alkyl halides is 6. The molecule has 2 heterocycles. The number of aliphatic carboxylic acids is 2. The number of fused-ring (bicyclic) bond motifs is 1. The number of hydrogen-bond acceptors (Lipinski definition) is 6. The van der Waals surface area contributed by atoms with E-state index in [2.05, 4.69) is 45.1 Å². The minimum Gasteiger partial charge on any atom is -0.497 e.